The lowest BCUT2D eigenvalue weighted by atomic mass is 10.1. The molecule has 2 rings (SSSR count). The molecule has 7 nitrogen and oxygen atoms in total. The minimum absolute atomic E-state index is 0.352. The third-order valence-electron chi connectivity index (χ3n) is 3.66. The van der Waals surface area contributed by atoms with Crippen LogP contribution in [0.15, 0.2) is 28.6 Å². The molecule has 1 N–H and O–H groups in total. The normalized spacial score (nSPS) is 12.8. The minimum Gasteiger partial charge on any atom is -0.299 e. The summed E-state index contributed by atoms with van der Waals surface area (Å²) in [6.45, 7) is 7.66. The molecule has 0 unspecified atom stereocenters. The second-order valence-electron chi connectivity index (χ2n) is 6.28. The summed E-state index contributed by atoms with van der Waals surface area (Å²) in [7, 11) is -3.65. The molecule has 0 fully saturated rings. The number of hydrogen-bond donors (Lipinski definition) is 1. The second-order valence-corrected chi connectivity index (χ2v) is 10.9. The lowest BCUT2D eigenvalue weighted by Gasteiger charge is -2.28. The Kier molecular flexibility index (Phi) is 7.24. The number of nitrogens with one attached hydrogen (secondary N) is 1. The van der Waals surface area contributed by atoms with Crippen LogP contribution in [0.4, 0.5) is 10.8 Å². The van der Waals surface area contributed by atoms with E-state index in [4.69, 9.17) is 0 Å². The van der Waals surface area contributed by atoms with Crippen molar-refractivity contribution in [3.8, 4) is 0 Å². The first-order valence-electron chi connectivity index (χ1n) is 8.51. The molecular formula is C17H24N4O3S3. The van der Waals surface area contributed by atoms with Gasteiger partial charge in [0.15, 0.2) is 4.34 Å². The SMILES string of the molecule is CCc1ccc(N([C@@H](C)C(=O)Nc2nnc(SC(C)C)s2)S(C)(=O)=O)cc1. The highest BCUT2D eigenvalue weighted by Gasteiger charge is 2.29. The highest BCUT2D eigenvalue weighted by atomic mass is 32.2. The predicted molar refractivity (Wildman–Crippen MR) is 112 cm³/mol. The Morgan fingerprint density at radius 1 is 1.22 bits per heavy atom. The first kappa shape index (κ1) is 21.6. The van der Waals surface area contributed by atoms with Gasteiger partial charge in [0, 0.05) is 5.25 Å². The average Bonchev–Trinajstić information content (AvgIpc) is 3.00. The number of aromatic nitrogens is 2. The molecule has 0 aliphatic rings. The van der Waals surface area contributed by atoms with Crippen molar-refractivity contribution < 1.29 is 13.2 Å². The molecular weight excluding hydrogens is 404 g/mol. The van der Waals surface area contributed by atoms with Gasteiger partial charge in [-0.15, -0.1) is 10.2 Å². The van der Waals surface area contributed by atoms with E-state index < -0.39 is 22.0 Å². The summed E-state index contributed by atoms with van der Waals surface area (Å²) in [6, 6.07) is 6.21. The summed E-state index contributed by atoms with van der Waals surface area (Å²) in [6.07, 6.45) is 1.94. The Bertz CT molecular complexity index is 879. The zero-order valence-electron chi connectivity index (χ0n) is 16.0. The van der Waals surface area contributed by atoms with E-state index in [0.29, 0.717) is 16.1 Å². The van der Waals surface area contributed by atoms with Crippen LogP contribution in [-0.4, -0.2) is 42.1 Å². The van der Waals surface area contributed by atoms with Gasteiger partial charge in [0.25, 0.3) is 0 Å². The molecule has 10 heteroatoms. The molecule has 27 heavy (non-hydrogen) atoms. The summed E-state index contributed by atoms with van der Waals surface area (Å²) in [5.41, 5.74) is 1.54. The van der Waals surface area contributed by atoms with E-state index in [9.17, 15) is 13.2 Å². The van der Waals surface area contributed by atoms with Gasteiger partial charge in [0.2, 0.25) is 21.1 Å². The topological polar surface area (TPSA) is 92.3 Å². The van der Waals surface area contributed by atoms with Gasteiger partial charge in [0.05, 0.1) is 11.9 Å². The third-order valence-corrected chi connectivity index (χ3v) is 6.83. The van der Waals surface area contributed by atoms with Gasteiger partial charge >= 0.3 is 0 Å². The Morgan fingerprint density at radius 2 is 1.85 bits per heavy atom. The van der Waals surface area contributed by atoms with Crippen molar-refractivity contribution in [3.63, 3.8) is 0 Å². The number of anilines is 2. The summed E-state index contributed by atoms with van der Waals surface area (Å²) >= 11 is 2.82. The Balaban J connectivity index is 2.20. The number of rotatable bonds is 8. The molecule has 0 radical (unpaired) electrons. The van der Waals surface area contributed by atoms with Crippen LogP contribution < -0.4 is 9.62 Å². The Labute approximate surface area is 168 Å². The highest BCUT2D eigenvalue weighted by Crippen LogP contribution is 2.29. The van der Waals surface area contributed by atoms with Crippen LogP contribution in [0.5, 0.6) is 0 Å². The van der Waals surface area contributed by atoms with Crippen molar-refractivity contribution in [2.24, 2.45) is 0 Å². The van der Waals surface area contributed by atoms with Crippen LogP contribution in [0.25, 0.3) is 0 Å². The summed E-state index contributed by atoms with van der Waals surface area (Å²) in [5, 5.41) is 11.4. The highest BCUT2D eigenvalue weighted by molar-refractivity contribution is 8.01. The summed E-state index contributed by atoms with van der Waals surface area (Å²) in [4.78, 5) is 12.6. The molecule has 0 aliphatic carbocycles. The van der Waals surface area contributed by atoms with Crippen LogP contribution in [0.2, 0.25) is 0 Å². The van der Waals surface area contributed by atoms with E-state index >= 15 is 0 Å². The van der Waals surface area contributed by atoms with Gasteiger partial charge in [-0.05, 0) is 31.0 Å². The number of hydrogen-bond acceptors (Lipinski definition) is 7. The molecule has 1 heterocycles. The van der Waals surface area contributed by atoms with E-state index in [1.54, 1.807) is 30.8 Å². The van der Waals surface area contributed by atoms with E-state index in [0.717, 1.165) is 26.9 Å². The number of sulfonamides is 1. The first-order valence-corrected chi connectivity index (χ1v) is 12.1. The van der Waals surface area contributed by atoms with E-state index in [1.165, 1.54) is 11.3 Å². The van der Waals surface area contributed by atoms with E-state index in [1.807, 2.05) is 32.9 Å². The quantitative estimate of drug-likeness (QED) is 0.512. The van der Waals surface area contributed by atoms with Crippen molar-refractivity contribution in [2.45, 2.75) is 49.7 Å². The van der Waals surface area contributed by atoms with E-state index in [-0.39, 0.29) is 0 Å². The summed E-state index contributed by atoms with van der Waals surface area (Å²) in [5.74, 6) is -0.461. The van der Waals surface area contributed by atoms with Gasteiger partial charge < -0.3 is 0 Å². The van der Waals surface area contributed by atoms with Crippen molar-refractivity contribution in [1.29, 1.82) is 0 Å². The molecule has 1 aromatic carbocycles. The van der Waals surface area contributed by atoms with Crippen LogP contribution >= 0.6 is 23.1 Å². The minimum atomic E-state index is -3.65. The maximum Gasteiger partial charge on any atom is 0.249 e. The molecule has 0 spiro atoms. The molecule has 1 aromatic heterocycles. The molecule has 148 valence electrons. The van der Waals surface area contributed by atoms with Gasteiger partial charge in [-0.3, -0.25) is 14.4 Å². The number of aryl methyl sites for hydroxylation is 1. The van der Waals surface area contributed by atoms with Crippen molar-refractivity contribution in [3.05, 3.63) is 29.8 Å². The third kappa shape index (κ3) is 5.91. The van der Waals surface area contributed by atoms with Gasteiger partial charge in [-0.1, -0.05) is 56.0 Å². The molecule has 0 saturated heterocycles. The van der Waals surface area contributed by atoms with Gasteiger partial charge in [0.1, 0.15) is 6.04 Å². The number of thioether (sulfide) groups is 1. The first-order chi connectivity index (χ1) is 12.6. The van der Waals surface area contributed by atoms with E-state index in [2.05, 4.69) is 15.5 Å². The maximum atomic E-state index is 12.6. The van der Waals surface area contributed by atoms with Crippen LogP contribution in [0.3, 0.4) is 0 Å². The fraction of sp³-hybridized carbons (Fsp3) is 0.471. The number of nitrogens with zero attached hydrogens (tertiary/aromatic N) is 3. The molecule has 1 amide bonds. The molecule has 0 bridgehead atoms. The molecule has 2 aromatic rings. The zero-order valence-corrected chi connectivity index (χ0v) is 18.4. The van der Waals surface area contributed by atoms with Crippen LogP contribution in [-0.2, 0) is 21.2 Å². The summed E-state index contributed by atoms with van der Waals surface area (Å²) < 4.78 is 26.5. The van der Waals surface area contributed by atoms with Gasteiger partial charge in [-0.2, -0.15) is 0 Å². The number of carbonyl (C=O) groups excluding carboxylic acids is 1. The number of amides is 1. The fourth-order valence-corrected chi connectivity index (χ4v) is 5.56. The van der Waals surface area contributed by atoms with Gasteiger partial charge in [-0.25, -0.2) is 8.42 Å². The molecule has 0 aliphatic heterocycles. The average molecular weight is 429 g/mol. The maximum absolute atomic E-state index is 12.6. The largest absolute Gasteiger partial charge is 0.299 e. The lowest BCUT2D eigenvalue weighted by Crippen LogP contribution is -2.45. The molecule has 1 atom stereocenters. The zero-order chi connectivity index (χ0) is 20.2. The van der Waals surface area contributed by atoms with Crippen molar-refractivity contribution in [1.82, 2.24) is 10.2 Å². The lowest BCUT2D eigenvalue weighted by molar-refractivity contribution is -0.116. The van der Waals surface area contributed by atoms with Crippen molar-refractivity contribution in [2.75, 3.05) is 15.9 Å². The Morgan fingerprint density at radius 3 is 2.37 bits per heavy atom. The monoisotopic (exact) mass is 428 g/mol. The standard InChI is InChI=1S/C17H24N4O3S3/c1-6-13-7-9-14(10-8-13)21(27(5,23)24)12(4)15(22)18-16-19-20-17(26-16)25-11(2)3/h7-12H,6H2,1-5H3,(H,18,19,22)/t12-/m0/s1. The van der Waals surface area contributed by atoms with Crippen LogP contribution in [0.1, 0.15) is 33.3 Å². The Hall–Kier alpha value is -1.65. The molecule has 0 saturated carbocycles. The number of benzene rings is 1. The number of carbonyl (C=O) groups is 1. The predicted octanol–water partition coefficient (Wildman–Crippen LogP) is 3.39. The fourth-order valence-electron chi connectivity index (χ4n) is 2.41. The second kappa shape index (κ2) is 9.03. The van der Waals surface area contributed by atoms with Crippen LogP contribution in [0, 0.1) is 0 Å². The van der Waals surface area contributed by atoms with Crippen molar-refractivity contribution >= 4 is 49.8 Å². The smallest absolute Gasteiger partial charge is 0.249 e.